The summed E-state index contributed by atoms with van der Waals surface area (Å²) in [5.41, 5.74) is 1.96. The smallest absolute Gasteiger partial charge is 0.269 e. The van der Waals surface area contributed by atoms with E-state index in [4.69, 9.17) is 11.6 Å². The van der Waals surface area contributed by atoms with E-state index in [9.17, 15) is 10.1 Å². The van der Waals surface area contributed by atoms with Crippen LogP contribution in [0.3, 0.4) is 0 Å². The van der Waals surface area contributed by atoms with Crippen LogP contribution in [-0.4, -0.2) is 42.5 Å². The number of nitrogens with zero attached hydrogens (tertiary/aromatic N) is 3. The lowest BCUT2D eigenvalue weighted by atomic mass is 10.1. The number of alkyl halides is 1. The standard InChI is InChI=1S/C14H20ClN3O2/c1-3-12-10-17(7-6-16(12)2)14-5-4-13(18(19)20)8-11(14)9-15/h4-5,8,12H,3,6-7,9-10H2,1-2H3. The first-order valence-corrected chi connectivity index (χ1v) is 7.38. The number of hydrogen-bond donors (Lipinski definition) is 0. The van der Waals surface area contributed by atoms with Crippen molar-refractivity contribution in [1.82, 2.24) is 4.90 Å². The molecule has 0 aromatic heterocycles. The number of non-ortho nitro benzene ring substituents is 1. The highest BCUT2D eigenvalue weighted by molar-refractivity contribution is 6.17. The predicted octanol–water partition coefficient (Wildman–Crippen LogP) is 2.86. The Hall–Kier alpha value is -1.33. The van der Waals surface area contributed by atoms with Crippen LogP contribution in [0.1, 0.15) is 18.9 Å². The monoisotopic (exact) mass is 297 g/mol. The van der Waals surface area contributed by atoms with E-state index in [1.165, 1.54) is 0 Å². The van der Waals surface area contributed by atoms with Crippen LogP contribution in [0.4, 0.5) is 11.4 Å². The Morgan fingerprint density at radius 1 is 1.45 bits per heavy atom. The number of anilines is 1. The lowest BCUT2D eigenvalue weighted by Gasteiger charge is -2.41. The number of rotatable bonds is 4. The molecule has 1 aromatic rings. The molecular weight excluding hydrogens is 278 g/mol. The minimum absolute atomic E-state index is 0.102. The number of piperazine rings is 1. The largest absolute Gasteiger partial charge is 0.368 e. The average Bonchev–Trinajstić information content (AvgIpc) is 2.47. The molecule has 20 heavy (non-hydrogen) atoms. The van der Waals surface area contributed by atoms with Crippen molar-refractivity contribution < 1.29 is 4.92 Å². The first kappa shape index (κ1) is 15.1. The van der Waals surface area contributed by atoms with E-state index in [-0.39, 0.29) is 10.6 Å². The molecule has 1 aliphatic rings. The van der Waals surface area contributed by atoms with Crippen molar-refractivity contribution in [2.45, 2.75) is 25.3 Å². The molecule has 0 amide bonds. The van der Waals surface area contributed by atoms with E-state index in [1.54, 1.807) is 12.1 Å². The summed E-state index contributed by atoms with van der Waals surface area (Å²) in [6.45, 7) is 5.05. The van der Waals surface area contributed by atoms with Gasteiger partial charge in [-0.1, -0.05) is 6.92 Å². The van der Waals surface area contributed by atoms with Gasteiger partial charge < -0.3 is 4.90 Å². The molecule has 110 valence electrons. The molecule has 6 heteroatoms. The first-order chi connectivity index (χ1) is 9.56. The summed E-state index contributed by atoms with van der Waals surface area (Å²) < 4.78 is 0. The minimum Gasteiger partial charge on any atom is -0.368 e. The zero-order valence-electron chi connectivity index (χ0n) is 11.9. The van der Waals surface area contributed by atoms with Crippen LogP contribution in [0.25, 0.3) is 0 Å². The van der Waals surface area contributed by atoms with E-state index >= 15 is 0 Å². The number of halogens is 1. The van der Waals surface area contributed by atoms with E-state index in [2.05, 4.69) is 23.8 Å². The maximum absolute atomic E-state index is 10.8. The summed E-state index contributed by atoms with van der Waals surface area (Å²) in [5, 5.41) is 10.8. The SMILES string of the molecule is CCC1CN(c2ccc([N+](=O)[O-])cc2CCl)CCN1C. The molecule has 1 atom stereocenters. The number of hydrogen-bond acceptors (Lipinski definition) is 4. The first-order valence-electron chi connectivity index (χ1n) is 6.85. The van der Waals surface area contributed by atoms with Crippen LogP contribution < -0.4 is 4.90 Å². The molecule has 0 aliphatic carbocycles. The fourth-order valence-corrected chi connectivity index (χ4v) is 2.92. The highest BCUT2D eigenvalue weighted by Crippen LogP contribution is 2.28. The van der Waals surface area contributed by atoms with Gasteiger partial charge in [0.25, 0.3) is 5.69 Å². The van der Waals surface area contributed by atoms with Crippen molar-refractivity contribution in [2.24, 2.45) is 0 Å². The van der Waals surface area contributed by atoms with E-state index in [1.807, 2.05) is 6.07 Å². The lowest BCUT2D eigenvalue weighted by molar-refractivity contribution is -0.384. The third-order valence-electron chi connectivity index (χ3n) is 4.01. The van der Waals surface area contributed by atoms with Gasteiger partial charge in [0.1, 0.15) is 0 Å². The van der Waals surface area contributed by atoms with Gasteiger partial charge >= 0.3 is 0 Å². The second-order valence-corrected chi connectivity index (χ2v) is 5.46. The number of likely N-dealkylation sites (N-methyl/N-ethyl adjacent to an activating group) is 1. The molecular formula is C14H20ClN3O2. The second-order valence-electron chi connectivity index (χ2n) is 5.19. The van der Waals surface area contributed by atoms with Crippen molar-refractivity contribution in [3.05, 3.63) is 33.9 Å². The molecule has 0 N–H and O–H groups in total. The van der Waals surface area contributed by atoms with Gasteiger partial charge in [-0.3, -0.25) is 15.0 Å². The minimum atomic E-state index is -0.376. The molecule has 5 nitrogen and oxygen atoms in total. The van der Waals surface area contributed by atoms with Gasteiger partial charge in [0.2, 0.25) is 0 Å². The molecule has 2 rings (SSSR count). The molecule has 1 saturated heterocycles. The Morgan fingerprint density at radius 3 is 2.80 bits per heavy atom. The second kappa shape index (κ2) is 6.41. The highest BCUT2D eigenvalue weighted by atomic mass is 35.5. The third kappa shape index (κ3) is 3.04. The summed E-state index contributed by atoms with van der Waals surface area (Å²) in [6.07, 6.45) is 1.09. The van der Waals surface area contributed by atoms with Crippen LogP contribution in [0.5, 0.6) is 0 Å². The molecule has 1 aliphatic heterocycles. The van der Waals surface area contributed by atoms with Crippen molar-refractivity contribution in [3.8, 4) is 0 Å². The van der Waals surface area contributed by atoms with Gasteiger partial charge in [0, 0.05) is 49.4 Å². The molecule has 0 bridgehead atoms. The fourth-order valence-electron chi connectivity index (χ4n) is 2.71. The van der Waals surface area contributed by atoms with Gasteiger partial charge in [0.05, 0.1) is 4.92 Å². The molecule has 0 spiro atoms. The molecule has 0 saturated carbocycles. The van der Waals surface area contributed by atoms with Crippen molar-refractivity contribution in [2.75, 3.05) is 31.6 Å². The Balaban J connectivity index is 2.26. The highest BCUT2D eigenvalue weighted by Gasteiger charge is 2.24. The Bertz CT molecular complexity index is 495. The maximum atomic E-state index is 10.8. The quantitative estimate of drug-likeness (QED) is 0.487. The zero-order chi connectivity index (χ0) is 14.7. The summed E-state index contributed by atoms with van der Waals surface area (Å²) in [6, 6.07) is 5.49. The molecule has 1 fully saturated rings. The van der Waals surface area contributed by atoms with Gasteiger partial charge in [-0.2, -0.15) is 0 Å². The molecule has 1 heterocycles. The number of nitro benzene ring substituents is 1. The Kier molecular flexibility index (Phi) is 4.83. The van der Waals surface area contributed by atoms with Crippen molar-refractivity contribution >= 4 is 23.0 Å². The summed E-state index contributed by atoms with van der Waals surface area (Å²) >= 11 is 5.97. The fraction of sp³-hybridized carbons (Fsp3) is 0.571. The van der Waals surface area contributed by atoms with Crippen LogP contribution in [0, 0.1) is 10.1 Å². The number of nitro groups is 1. The van der Waals surface area contributed by atoms with Gasteiger partial charge in [-0.15, -0.1) is 11.6 Å². The van der Waals surface area contributed by atoms with Crippen molar-refractivity contribution in [3.63, 3.8) is 0 Å². The predicted molar refractivity (Wildman–Crippen MR) is 81.6 cm³/mol. The summed E-state index contributed by atoms with van der Waals surface area (Å²) in [7, 11) is 2.14. The molecule has 0 radical (unpaired) electrons. The van der Waals surface area contributed by atoms with Gasteiger partial charge in [-0.25, -0.2) is 0 Å². The normalized spacial score (nSPS) is 20.1. The Morgan fingerprint density at radius 2 is 2.20 bits per heavy atom. The summed E-state index contributed by atoms with van der Waals surface area (Å²) in [5.74, 6) is 0.292. The average molecular weight is 298 g/mol. The van der Waals surface area contributed by atoms with Gasteiger partial charge in [0.15, 0.2) is 0 Å². The van der Waals surface area contributed by atoms with E-state index in [0.29, 0.717) is 11.9 Å². The Labute approximate surface area is 124 Å². The van der Waals surface area contributed by atoms with Crippen LogP contribution >= 0.6 is 11.6 Å². The van der Waals surface area contributed by atoms with E-state index in [0.717, 1.165) is 37.3 Å². The van der Waals surface area contributed by atoms with E-state index < -0.39 is 0 Å². The number of benzene rings is 1. The maximum Gasteiger partial charge on any atom is 0.269 e. The van der Waals surface area contributed by atoms with Crippen molar-refractivity contribution in [1.29, 1.82) is 0 Å². The third-order valence-corrected chi connectivity index (χ3v) is 4.29. The lowest BCUT2D eigenvalue weighted by Crippen LogP contribution is -2.51. The molecule has 1 unspecified atom stereocenters. The summed E-state index contributed by atoms with van der Waals surface area (Å²) in [4.78, 5) is 15.1. The zero-order valence-corrected chi connectivity index (χ0v) is 12.6. The molecule has 1 aromatic carbocycles. The van der Waals surface area contributed by atoms with Crippen LogP contribution in [-0.2, 0) is 5.88 Å². The van der Waals surface area contributed by atoms with Crippen LogP contribution in [0.15, 0.2) is 18.2 Å². The topological polar surface area (TPSA) is 49.6 Å². The van der Waals surface area contributed by atoms with Gasteiger partial charge in [-0.05, 0) is 25.1 Å². The van der Waals surface area contributed by atoms with Crippen LogP contribution in [0.2, 0.25) is 0 Å².